The van der Waals surface area contributed by atoms with E-state index in [1.54, 1.807) is 0 Å². The van der Waals surface area contributed by atoms with Gasteiger partial charge in [0.25, 0.3) is 0 Å². The number of halogens is 2. The Kier molecular flexibility index (Phi) is 4.48. The minimum atomic E-state index is -0.438. The van der Waals surface area contributed by atoms with Crippen molar-refractivity contribution in [3.05, 3.63) is 27.3 Å². The van der Waals surface area contributed by atoms with E-state index >= 15 is 0 Å². The number of benzene rings is 1. The first-order chi connectivity index (χ1) is 6.27. The fraction of sp³-hybridized carbons (Fsp3) is 0.400. The van der Waals surface area contributed by atoms with Gasteiger partial charge >= 0.3 is 0 Å². The first-order valence-electron chi connectivity index (χ1n) is 4.25. The van der Waals surface area contributed by atoms with E-state index in [-0.39, 0.29) is 6.61 Å². The minimum absolute atomic E-state index is 0.142. The molecule has 0 bridgehead atoms. The zero-order chi connectivity index (χ0) is 9.68. The first-order valence-corrected chi connectivity index (χ1v) is 5.33. The standard InChI is InChI=1S/C10H12FIO/c1-2-8-3-4-9(12)10(7-8)13-6-5-11/h3-4,7H,2,5-6H2,1H3. The van der Waals surface area contributed by atoms with Gasteiger partial charge in [0.15, 0.2) is 0 Å². The molecule has 1 nitrogen and oxygen atoms in total. The summed E-state index contributed by atoms with van der Waals surface area (Å²) in [6, 6.07) is 6.02. The maximum absolute atomic E-state index is 11.9. The summed E-state index contributed by atoms with van der Waals surface area (Å²) in [7, 11) is 0. The summed E-state index contributed by atoms with van der Waals surface area (Å²) >= 11 is 2.19. The molecule has 0 N–H and O–H groups in total. The van der Waals surface area contributed by atoms with Crippen LogP contribution in [0.1, 0.15) is 12.5 Å². The Labute approximate surface area is 91.4 Å². The highest BCUT2D eigenvalue weighted by atomic mass is 127. The van der Waals surface area contributed by atoms with Gasteiger partial charge in [-0.15, -0.1) is 0 Å². The van der Waals surface area contributed by atoms with Crippen molar-refractivity contribution in [3.63, 3.8) is 0 Å². The zero-order valence-corrected chi connectivity index (χ0v) is 9.68. The molecule has 0 aromatic heterocycles. The zero-order valence-electron chi connectivity index (χ0n) is 7.52. The van der Waals surface area contributed by atoms with Gasteiger partial charge in [0.05, 0.1) is 3.57 Å². The number of rotatable bonds is 4. The summed E-state index contributed by atoms with van der Waals surface area (Å²) in [6.45, 7) is 1.79. The van der Waals surface area contributed by atoms with Gasteiger partial charge in [0, 0.05) is 0 Å². The molecule has 0 aliphatic carbocycles. The maximum atomic E-state index is 11.9. The van der Waals surface area contributed by atoms with Gasteiger partial charge < -0.3 is 4.74 Å². The van der Waals surface area contributed by atoms with E-state index < -0.39 is 6.67 Å². The lowest BCUT2D eigenvalue weighted by molar-refractivity contribution is 0.271. The summed E-state index contributed by atoms with van der Waals surface area (Å²) in [5, 5.41) is 0. The predicted octanol–water partition coefficient (Wildman–Crippen LogP) is 3.20. The summed E-state index contributed by atoms with van der Waals surface area (Å²) in [4.78, 5) is 0. The number of alkyl halides is 1. The molecule has 0 fully saturated rings. The second-order valence-electron chi connectivity index (χ2n) is 2.66. The molecule has 72 valence electrons. The lowest BCUT2D eigenvalue weighted by Crippen LogP contribution is -2.00. The van der Waals surface area contributed by atoms with E-state index in [0.29, 0.717) is 0 Å². The smallest absolute Gasteiger partial charge is 0.133 e. The Morgan fingerprint density at radius 2 is 2.23 bits per heavy atom. The van der Waals surface area contributed by atoms with Crippen LogP contribution in [0.15, 0.2) is 18.2 Å². The van der Waals surface area contributed by atoms with Gasteiger partial charge in [0.1, 0.15) is 19.0 Å². The maximum Gasteiger partial charge on any atom is 0.133 e. The molecular weight excluding hydrogens is 282 g/mol. The SMILES string of the molecule is CCc1ccc(I)c(OCCF)c1. The normalized spacial score (nSPS) is 10.1. The van der Waals surface area contributed by atoms with E-state index in [1.165, 1.54) is 5.56 Å². The number of ether oxygens (including phenoxy) is 1. The van der Waals surface area contributed by atoms with Crippen molar-refractivity contribution in [1.82, 2.24) is 0 Å². The monoisotopic (exact) mass is 294 g/mol. The summed E-state index contributed by atoms with van der Waals surface area (Å²) in [6.07, 6.45) is 0.975. The Morgan fingerprint density at radius 1 is 1.46 bits per heavy atom. The van der Waals surface area contributed by atoms with Crippen molar-refractivity contribution in [2.75, 3.05) is 13.3 Å². The predicted molar refractivity (Wildman–Crippen MR) is 60.0 cm³/mol. The topological polar surface area (TPSA) is 9.23 Å². The molecule has 0 saturated carbocycles. The third-order valence-electron chi connectivity index (χ3n) is 1.74. The lowest BCUT2D eigenvalue weighted by atomic mass is 10.2. The van der Waals surface area contributed by atoms with Gasteiger partial charge in [-0.25, -0.2) is 4.39 Å². The van der Waals surface area contributed by atoms with Crippen LogP contribution in [-0.4, -0.2) is 13.3 Å². The molecule has 0 aliphatic rings. The third-order valence-corrected chi connectivity index (χ3v) is 2.63. The molecule has 0 atom stereocenters. The van der Waals surface area contributed by atoms with Crippen LogP contribution in [0.3, 0.4) is 0 Å². The number of hydrogen-bond acceptors (Lipinski definition) is 1. The largest absolute Gasteiger partial charge is 0.490 e. The molecule has 0 amide bonds. The molecule has 1 aromatic carbocycles. The second kappa shape index (κ2) is 5.42. The fourth-order valence-electron chi connectivity index (χ4n) is 1.03. The van der Waals surface area contributed by atoms with Crippen LogP contribution < -0.4 is 4.74 Å². The lowest BCUT2D eigenvalue weighted by Gasteiger charge is -2.07. The van der Waals surface area contributed by atoms with E-state index in [1.807, 2.05) is 12.1 Å². The summed E-state index contributed by atoms with van der Waals surface area (Å²) in [5.74, 6) is 0.789. The average Bonchev–Trinajstić information content (AvgIpc) is 2.17. The minimum Gasteiger partial charge on any atom is -0.490 e. The molecule has 1 rings (SSSR count). The van der Waals surface area contributed by atoms with Crippen molar-refractivity contribution in [1.29, 1.82) is 0 Å². The van der Waals surface area contributed by atoms with Crippen molar-refractivity contribution in [2.45, 2.75) is 13.3 Å². The molecular formula is C10H12FIO. The van der Waals surface area contributed by atoms with Gasteiger partial charge in [-0.3, -0.25) is 0 Å². The van der Waals surface area contributed by atoms with Crippen LogP contribution >= 0.6 is 22.6 Å². The number of hydrogen-bond donors (Lipinski definition) is 0. The van der Waals surface area contributed by atoms with Gasteiger partial charge in [0.2, 0.25) is 0 Å². The van der Waals surface area contributed by atoms with Crippen molar-refractivity contribution in [3.8, 4) is 5.75 Å². The van der Waals surface area contributed by atoms with Crippen LogP contribution in [0.5, 0.6) is 5.75 Å². The molecule has 1 aromatic rings. The highest BCUT2D eigenvalue weighted by molar-refractivity contribution is 14.1. The van der Waals surface area contributed by atoms with Crippen LogP contribution in [-0.2, 0) is 6.42 Å². The van der Waals surface area contributed by atoms with Crippen LogP contribution in [0.25, 0.3) is 0 Å². The Morgan fingerprint density at radius 3 is 2.85 bits per heavy atom. The van der Waals surface area contributed by atoms with E-state index in [0.717, 1.165) is 15.7 Å². The summed E-state index contributed by atoms with van der Waals surface area (Å²) in [5.41, 5.74) is 1.22. The highest BCUT2D eigenvalue weighted by Gasteiger charge is 2.01. The van der Waals surface area contributed by atoms with Crippen molar-refractivity contribution < 1.29 is 9.13 Å². The van der Waals surface area contributed by atoms with Gasteiger partial charge in [-0.05, 0) is 46.7 Å². The quantitative estimate of drug-likeness (QED) is 0.775. The third kappa shape index (κ3) is 3.14. The average molecular weight is 294 g/mol. The Hall–Kier alpha value is -0.320. The fourth-order valence-corrected chi connectivity index (χ4v) is 1.52. The molecule has 0 aliphatic heterocycles. The second-order valence-corrected chi connectivity index (χ2v) is 3.82. The Balaban J connectivity index is 2.78. The number of aryl methyl sites for hydroxylation is 1. The van der Waals surface area contributed by atoms with Crippen molar-refractivity contribution in [2.24, 2.45) is 0 Å². The van der Waals surface area contributed by atoms with E-state index in [4.69, 9.17) is 4.74 Å². The van der Waals surface area contributed by atoms with E-state index in [9.17, 15) is 4.39 Å². The van der Waals surface area contributed by atoms with Crippen LogP contribution in [0.2, 0.25) is 0 Å². The summed E-state index contributed by atoms with van der Waals surface area (Å²) < 4.78 is 18.1. The Bertz CT molecular complexity index is 276. The molecule has 3 heteroatoms. The van der Waals surface area contributed by atoms with Gasteiger partial charge in [-0.1, -0.05) is 13.0 Å². The molecule has 0 unspecified atom stereocenters. The van der Waals surface area contributed by atoms with Crippen LogP contribution in [0, 0.1) is 3.57 Å². The van der Waals surface area contributed by atoms with E-state index in [2.05, 4.69) is 35.6 Å². The molecule has 0 saturated heterocycles. The highest BCUT2D eigenvalue weighted by Crippen LogP contribution is 2.22. The molecule has 0 heterocycles. The molecule has 0 radical (unpaired) electrons. The van der Waals surface area contributed by atoms with Gasteiger partial charge in [-0.2, -0.15) is 0 Å². The molecule has 0 spiro atoms. The first kappa shape index (κ1) is 10.8. The van der Waals surface area contributed by atoms with Crippen LogP contribution in [0.4, 0.5) is 4.39 Å². The molecule has 13 heavy (non-hydrogen) atoms. The van der Waals surface area contributed by atoms with Crippen molar-refractivity contribution >= 4 is 22.6 Å².